The van der Waals surface area contributed by atoms with Crippen molar-refractivity contribution in [3.8, 4) is 0 Å². The summed E-state index contributed by atoms with van der Waals surface area (Å²) in [5.41, 5.74) is -0.0934. The number of nitrogens with one attached hydrogen (secondary N) is 1. The fourth-order valence-electron chi connectivity index (χ4n) is 4.26. The van der Waals surface area contributed by atoms with Gasteiger partial charge in [0.15, 0.2) is 15.7 Å². The monoisotopic (exact) mass is 461 g/mol. The number of amides is 1. The fraction of sp³-hybridized carbons (Fsp3) is 0.583. The largest absolute Gasteiger partial charge is 0.389 e. The van der Waals surface area contributed by atoms with Gasteiger partial charge in [-0.25, -0.2) is 8.42 Å². The molecule has 0 saturated heterocycles. The molecule has 0 spiro atoms. The molecule has 1 saturated carbocycles. The summed E-state index contributed by atoms with van der Waals surface area (Å²) in [6, 6.07) is 8.46. The lowest BCUT2D eigenvalue weighted by atomic mass is 9.87. The van der Waals surface area contributed by atoms with Crippen LogP contribution in [0.25, 0.3) is 0 Å². The molecule has 1 aliphatic rings. The third kappa shape index (κ3) is 6.19. The topological polar surface area (TPSA) is 101 Å². The molecule has 1 heterocycles. The van der Waals surface area contributed by atoms with E-state index in [9.17, 15) is 18.3 Å². The van der Waals surface area contributed by atoms with Crippen LogP contribution >= 0.6 is 0 Å². The number of nitrogens with zero attached hydrogens (tertiary/aromatic N) is 2. The number of aliphatic hydroxyl groups is 1. The fourth-order valence-corrected chi connectivity index (χ4v) is 5.32. The van der Waals surface area contributed by atoms with Crippen LogP contribution in [-0.4, -0.2) is 40.1 Å². The average Bonchev–Trinajstić information content (AvgIpc) is 3.36. The number of benzene rings is 1. The molecule has 1 fully saturated rings. The summed E-state index contributed by atoms with van der Waals surface area (Å²) >= 11 is 0. The Bertz CT molecular complexity index is 1010. The molecule has 0 aliphatic heterocycles. The molecule has 1 aromatic heterocycles. The predicted octanol–water partition coefficient (Wildman–Crippen LogP) is 4.14. The van der Waals surface area contributed by atoms with Crippen LogP contribution in [0, 0.1) is 5.92 Å². The van der Waals surface area contributed by atoms with Gasteiger partial charge in [0.05, 0.1) is 28.2 Å². The lowest BCUT2D eigenvalue weighted by molar-refractivity contribution is -0.118. The second kappa shape index (κ2) is 9.75. The van der Waals surface area contributed by atoms with E-state index < -0.39 is 20.7 Å². The molecule has 32 heavy (non-hydrogen) atoms. The van der Waals surface area contributed by atoms with Crippen molar-refractivity contribution in [1.29, 1.82) is 0 Å². The maximum atomic E-state index is 13.3. The molecule has 1 unspecified atom stereocenters. The average molecular weight is 462 g/mol. The Kier molecular flexibility index (Phi) is 7.45. The van der Waals surface area contributed by atoms with E-state index in [2.05, 4.69) is 10.4 Å². The second-order valence-electron chi connectivity index (χ2n) is 9.80. The highest BCUT2D eigenvalue weighted by Gasteiger charge is 2.28. The molecule has 1 aromatic carbocycles. The van der Waals surface area contributed by atoms with Gasteiger partial charge in [-0.15, -0.1) is 0 Å². The summed E-state index contributed by atoms with van der Waals surface area (Å²) in [5.74, 6) is 0.394. The van der Waals surface area contributed by atoms with E-state index in [1.54, 1.807) is 68.9 Å². The van der Waals surface area contributed by atoms with Crippen molar-refractivity contribution >= 4 is 21.6 Å². The SMILES string of the molecule is CC(C)S(=O)(=O)c1ccc(C(CC2CCCC2)C(=O)Nc2ccn(CC(C)(C)O)n2)cc1. The lowest BCUT2D eigenvalue weighted by Gasteiger charge is -2.21. The number of hydrogen-bond acceptors (Lipinski definition) is 5. The molecule has 1 atom stereocenters. The van der Waals surface area contributed by atoms with Gasteiger partial charge in [-0.2, -0.15) is 5.10 Å². The Morgan fingerprint density at radius 3 is 2.38 bits per heavy atom. The zero-order valence-electron chi connectivity index (χ0n) is 19.4. The van der Waals surface area contributed by atoms with E-state index >= 15 is 0 Å². The quantitative estimate of drug-likeness (QED) is 0.584. The number of carbonyl (C=O) groups excluding carboxylic acids is 1. The van der Waals surface area contributed by atoms with E-state index in [1.165, 1.54) is 12.8 Å². The number of sulfone groups is 1. The Morgan fingerprint density at radius 2 is 1.81 bits per heavy atom. The first-order chi connectivity index (χ1) is 15.0. The summed E-state index contributed by atoms with van der Waals surface area (Å²) in [5, 5.41) is 16.8. The van der Waals surface area contributed by atoms with Gasteiger partial charge in [-0.05, 0) is 57.7 Å². The second-order valence-corrected chi connectivity index (χ2v) is 12.3. The third-order valence-corrected chi connectivity index (χ3v) is 8.20. The van der Waals surface area contributed by atoms with Gasteiger partial charge >= 0.3 is 0 Å². The molecule has 2 aromatic rings. The molecule has 176 valence electrons. The molecule has 3 rings (SSSR count). The summed E-state index contributed by atoms with van der Waals surface area (Å²) in [7, 11) is -3.36. The number of aromatic nitrogens is 2. The zero-order chi connectivity index (χ0) is 23.5. The summed E-state index contributed by atoms with van der Waals surface area (Å²) in [6.45, 7) is 7.05. The first-order valence-corrected chi connectivity index (χ1v) is 12.9. The number of hydrogen-bond donors (Lipinski definition) is 2. The minimum atomic E-state index is -3.36. The zero-order valence-corrected chi connectivity index (χ0v) is 20.2. The first kappa shape index (κ1) is 24.5. The van der Waals surface area contributed by atoms with E-state index in [1.807, 2.05) is 0 Å². The van der Waals surface area contributed by atoms with Crippen LogP contribution in [0.5, 0.6) is 0 Å². The first-order valence-electron chi connectivity index (χ1n) is 11.4. The molecule has 7 nitrogen and oxygen atoms in total. The van der Waals surface area contributed by atoms with E-state index in [4.69, 9.17) is 0 Å². The summed E-state index contributed by atoms with van der Waals surface area (Å²) in [6.07, 6.45) is 7.06. The molecule has 1 aliphatic carbocycles. The summed E-state index contributed by atoms with van der Waals surface area (Å²) < 4.78 is 26.5. The molecular weight excluding hydrogens is 426 g/mol. The van der Waals surface area contributed by atoms with Crippen molar-refractivity contribution in [2.24, 2.45) is 5.92 Å². The van der Waals surface area contributed by atoms with Gasteiger partial charge in [0.2, 0.25) is 5.91 Å². The molecule has 2 N–H and O–H groups in total. The van der Waals surface area contributed by atoms with E-state index in [0.717, 1.165) is 24.8 Å². The van der Waals surface area contributed by atoms with E-state index in [-0.39, 0.29) is 16.7 Å². The van der Waals surface area contributed by atoms with Gasteiger partial charge in [0.1, 0.15) is 0 Å². The van der Waals surface area contributed by atoms with Crippen molar-refractivity contribution in [1.82, 2.24) is 9.78 Å². The minimum Gasteiger partial charge on any atom is -0.389 e. The van der Waals surface area contributed by atoms with Gasteiger partial charge in [0.25, 0.3) is 0 Å². The lowest BCUT2D eigenvalue weighted by Crippen LogP contribution is -2.27. The molecular formula is C24H35N3O4S. The van der Waals surface area contributed by atoms with Crippen molar-refractivity contribution in [3.05, 3.63) is 42.1 Å². The van der Waals surface area contributed by atoms with Crippen molar-refractivity contribution in [2.45, 2.75) is 88.0 Å². The number of carbonyl (C=O) groups is 1. The van der Waals surface area contributed by atoms with E-state index in [0.29, 0.717) is 18.3 Å². The Morgan fingerprint density at radius 1 is 1.19 bits per heavy atom. The Labute approximate surface area is 191 Å². The molecule has 0 bridgehead atoms. The van der Waals surface area contributed by atoms with Crippen LogP contribution in [0.4, 0.5) is 5.82 Å². The maximum Gasteiger partial charge on any atom is 0.233 e. The van der Waals surface area contributed by atoms with Gasteiger partial charge in [-0.3, -0.25) is 9.48 Å². The normalized spacial score (nSPS) is 16.4. The number of anilines is 1. The van der Waals surface area contributed by atoms with Crippen LogP contribution in [0.15, 0.2) is 41.4 Å². The van der Waals surface area contributed by atoms with Crippen LogP contribution in [0.3, 0.4) is 0 Å². The third-order valence-electron chi connectivity index (χ3n) is 6.03. The maximum absolute atomic E-state index is 13.3. The summed E-state index contributed by atoms with van der Waals surface area (Å²) in [4.78, 5) is 13.5. The smallest absolute Gasteiger partial charge is 0.233 e. The van der Waals surface area contributed by atoms with Crippen LogP contribution in [0.1, 0.15) is 71.3 Å². The highest BCUT2D eigenvalue weighted by molar-refractivity contribution is 7.92. The van der Waals surface area contributed by atoms with Gasteiger partial charge in [0, 0.05) is 12.3 Å². The van der Waals surface area contributed by atoms with Gasteiger partial charge < -0.3 is 10.4 Å². The van der Waals surface area contributed by atoms with Crippen LogP contribution < -0.4 is 5.32 Å². The Hall–Kier alpha value is -2.19. The molecule has 8 heteroatoms. The highest BCUT2D eigenvalue weighted by Crippen LogP contribution is 2.35. The van der Waals surface area contributed by atoms with Gasteiger partial charge in [-0.1, -0.05) is 37.8 Å². The predicted molar refractivity (Wildman–Crippen MR) is 125 cm³/mol. The minimum absolute atomic E-state index is 0.148. The Balaban J connectivity index is 1.80. The van der Waals surface area contributed by atoms with Crippen molar-refractivity contribution in [3.63, 3.8) is 0 Å². The molecule has 0 radical (unpaired) electrons. The number of rotatable bonds is 9. The molecule has 1 amide bonds. The standard InChI is InChI=1S/C24H35N3O4S/c1-17(2)32(30,31)20-11-9-19(10-12-20)21(15-18-7-5-6-8-18)23(28)25-22-13-14-27(26-22)16-24(3,4)29/h9-14,17-18,21,29H,5-8,15-16H2,1-4H3,(H,25,26,28). The highest BCUT2D eigenvalue weighted by atomic mass is 32.2. The van der Waals surface area contributed by atoms with Crippen LogP contribution in [-0.2, 0) is 21.2 Å². The van der Waals surface area contributed by atoms with Crippen molar-refractivity contribution in [2.75, 3.05) is 5.32 Å². The van der Waals surface area contributed by atoms with Crippen LogP contribution in [0.2, 0.25) is 0 Å². The van der Waals surface area contributed by atoms with Crippen molar-refractivity contribution < 1.29 is 18.3 Å².